The molecule has 1 fully saturated rings. The molecule has 0 amide bonds. The van der Waals surface area contributed by atoms with Crippen LogP contribution in [0.25, 0.3) is 0 Å². The number of nitrogens with zero attached hydrogens (tertiary/aromatic N) is 1. The molecule has 2 nitrogen and oxygen atoms in total. The van der Waals surface area contributed by atoms with E-state index in [1.54, 1.807) is 0 Å². The van der Waals surface area contributed by atoms with Gasteiger partial charge in [0.25, 0.3) is 0 Å². The molecule has 94 valence electrons. The van der Waals surface area contributed by atoms with E-state index < -0.39 is 0 Å². The molecule has 2 unspecified atom stereocenters. The highest BCUT2D eigenvalue weighted by Gasteiger charge is 2.22. The monoisotopic (exact) mass is 242 g/mol. The number of hydrogen-bond acceptors (Lipinski definition) is 3. The van der Waals surface area contributed by atoms with Crippen molar-refractivity contribution in [1.82, 2.24) is 10.2 Å². The molecule has 0 saturated carbocycles. The lowest BCUT2D eigenvalue weighted by molar-refractivity contribution is 0.291. The van der Waals surface area contributed by atoms with Crippen LogP contribution in [0, 0.1) is 0 Å². The maximum atomic E-state index is 4.16. The molecule has 1 aliphatic heterocycles. The molecule has 3 heteroatoms. The van der Waals surface area contributed by atoms with Gasteiger partial charge in [0, 0.05) is 42.7 Å². The molecule has 0 spiro atoms. The van der Waals surface area contributed by atoms with Crippen molar-refractivity contribution in [2.45, 2.75) is 44.2 Å². The summed E-state index contributed by atoms with van der Waals surface area (Å²) in [7, 11) is 0. The van der Waals surface area contributed by atoms with Gasteiger partial charge in [-0.25, -0.2) is 0 Å². The summed E-state index contributed by atoms with van der Waals surface area (Å²) in [5.41, 5.74) is 1.31. The first-order chi connectivity index (χ1) is 7.47. The fraction of sp³-hybridized carbons (Fsp3) is 0.846. The smallest absolute Gasteiger partial charge is 0.0203 e. The molecule has 0 radical (unpaired) electrons. The normalized spacial score (nSPS) is 27.3. The van der Waals surface area contributed by atoms with Gasteiger partial charge in [0.2, 0.25) is 0 Å². The molecular weight excluding hydrogens is 216 g/mol. The third-order valence-corrected chi connectivity index (χ3v) is 3.93. The van der Waals surface area contributed by atoms with Gasteiger partial charge >= 0.3 is 0 Å². The highest BCUT2D eigenvalue weighted by atomic mass is 32.2. The minimum absolute atomic E-state index is 0.548. The Bertz CT molecular complexity index is 218. The van der Waals surface area contributed by atoms with Gasteiger partial charge < -0.3 is 5.32 Å². The molecule has 1 rings (SSSR count). The molecule has 0 bridgehead atoms. The zero-order valence-electron chi connectivity index (χ0n) is 11.1. The average Bonchev–Trinajstić information content (AvgIpc) is 2.12. The highest BCUT2D eigenvalue weighted by molar-refractivity contribution is 8.00. The summed E-state index contributed by atoms with van der Waals surface area (Å²) >= 11 is 2.10. The van der Waals surface area contributed by atoms with Crippen LogP contribution in [0.3, 0.4) is 0 Å². The Kier molecular flexibility index (Phi) is 5.87. The van der Waals surface area contributed by atoms with Crippen LogP contribution in [0.2, 0.25) is 0 Å². The van der Waals surface area contributed by atoms with Crippen molar-refractivity contribution in [2.75, 3.05) is 26.2 Å². The summed E-state index contributed by atoms with van der Waals surface area (Å²) in [5, 5.41) is 4.94. The van der Waals surface area contributed by atoms with E-state index >= 15 is 0 Å². The van der Waals surface area contributed by atoms with Crippen LogP contribution in [-0.4, -0.2) is 47.6 Å². The van der Waals surface area contributed by atoms with Crippen molar-refractivity contribution in [3.8, 4) is 0 Å². The predicted molar refractivity (Wildman–Crippen MR) is 75.2 cm³/mol. The Labute approximate surface area is 105 Å². The number of rotatable bonds is 5. The maximum absolute atomic E-state index is 4.16. The van der Waals surface area contributed by atoms with Crippen molar-refractivity contribution in [2.24, 2.45) is 0 Å². The second-order valence-corrected chi connectivity index (χ2v) is 7.12. The van der Waals surface area contributed by atoms with Gasteiger partial charge in [-0.3, -0.25) is 4.90 Å². The number of hydrogen-bond donors (Lipinski definition) is 1. The lowest BCUT2D eigenvalue weighted by Gasteiger charge is -2.35. The van der Waals surface area contributed by atoms with E-state index in [9.17, 15) is 0 Å². The molecule has 16 heavy (non-hydrogen) atoms. The summed E-state index contributed by atoms with van der Waals surface area (Å²) < 4.78 is 0. The predicted octanol–water partition coefficient (Wildman–Crippen LogP) is 2.37. The van der Waals surface area contributed by atoms with Crippen LogP contribution in [-0.2, 0) is 0 Å². The van der Waals surface area contributed by atoms with Gasteiger partial charge in [-0.05, 0) is 5.57 Å². The maximum Gasteiger partial charge on any atom is 0.0203 e. The summed E-state index contributed by atoms with van der Waals surface area (Å²) in [6.45, 7) is 17.6. The Morgan fingerprint density at radius 2 is 1.94 bits per heavy atom. The van der Waals surface area contributed by atoms with Gasteiger partial charge in [0.15, 0.2) is 0 Å². The molecule has 1 aliphatic rings. The van der Waals surface area contributed by atoms with Gasteiger partial charge in [0.1, 0.15) is 0 Å². The van der Waals surface area contributed by atoms with Crippen molar-refractivity contribution in [3.63, 3.8) is 0 Å². The van der Waals surface area contributed by atoms with Crippen LogP contribution in [0.1, 0.15) is 27.7 Å². The third-order valence-electron chi connectivity index (χ3n) is 2.70. The second-order valence-electron chi connectivity index (χ2n) is 5.24. The van der Waals surface area contributed by atoms with Crippen molar-refractivity contribution in [1.29, 1.82) is 0 Å². The van der Waals surface area contributed by atoms with Crippen LogP contribution in [0.4, 0.5) is 0 Å². The van der Waals surface area contributed by atoms with Gasteiger partial charge in [-0.1, -0.05) is 34.3 Å². The van der Waals surface area contributed by atoms with Crippen LogP contribution >= 0.6 is 11.8 Å². The number of thioether (sulfide) groups is 1. The van der Waals surface area contributed by atoms with Crippen LogP contribution in [0.5, 0.6) is 0 Å². The zero-order valence-corrected chi connectivity index (χ0v) is 11.9. The first-order valence-electron chi connectivity index (χ1n) is 6.25. The molecule has 0 aromatic heterocycles. The molecule has 1 N–H and O–H groups in total. The second kappa shape index (κ2) is 6.67. The first-order valence-corrected chi connectivity index (χ1v) is 7.19. The SMILES string of the molecule is C=C(CNC(C)C)CN1CC(C)SC(C)C1. The Morgan fingerprint density at radius 1 is 1.38 bits per heavy atom. The van der Waals surface area contributed by atoms with Crippen molar-refractivity contribution in [3.05, 3.63) is 12.2 Å². The topological polar surface area (TPSA) is 15.3 Å². The fourth-order valence-electron chi connectivity index (χ4n) is 2.13. The van der Waals surface area contributed by atoms with E-state index in [0.717, 1.165) is 23.6 Å². The van der Waals surface area contributed by atoms with Crippen molar-refractivity contribution >= 4 is 11.8 Å². The summed E-state index contributed by atoms with van der Waals surface area (Å²) in [4.78, 5) is 2.54. The molecular formula is C13H26N2S. The quantitative estimate of drug-likeness (QED) is 0.745. The summed E-state index contributed by atoms with van der Waals surface area (Å²) in [6, 6.07) is 0.548. The molecule has 0 aliphatic carbocycles. The lowest BCUT2D eigenvalue weighted by Crippen LogP contribution is -2.42. The Balaban J connectivity index is 2.27. The van der Waals surface area contributed by atoms with Crippen LogP contribution < -0.4 is 5.32 Å². The van der Waals surface area contributed by atoms with E-state index in [1.165, 1.54) is 18.7 Å². The van der Waals surface area contributed by atoms with E-state index in [1.807, 2.05) is 0 Å². The zero-order chi connectivity index (χ0) is 12.1. The summed E-state index contributed by atoms with van der Waals surface area (Å²) in [5.74, 6) is 0. The van der Waals surface area contributed by atoms with Gasteiger partial charge in [-0.15, -0.1) is 0 Å². The number of nitrogens with one attached hydrogen (secondary N) is 1. The Hall–Kier alpha value is 0.0100. The lowest BCUT2D eigenvalue weighted by atomic mass is 10.2. The van der Waals surface area contributed by atoms with Gasteiger partial charge in [-0.2, -0.15) is 11.8 Å². The molecule has 1 saturated heterocycles. The standard InChI is InChI=1S/C13H26N2S/c1-10(2)14-6-11(3)7-15-8-12(4)16-13(5)9-15/h10,12-14H,3,6-9H2,1-2,4-5H3. The minimum Gasteiger partial charge on any atom is -0.311 e. The molecule has 0 aromatic carbocycles. The highest BCUT2D eigenvalue weighted by Crippen LogP contribution is 2.24. The van der Waals surface area contributed by atoms with Crippen molar-refractivity contribution < 1.29 is 0 Å². The first kappa shape index (κ1) is 14.1. The molecule has 0 aromatic rings. The minimum atomic E-state index is 0.548. The van der Waals surface area contributed by atoms with Crippen LogP contribution in [0.15, 0.2) is 12.2 Å². The van der Waals surface area contributed by atoms with E-state index in [2.05, 4.69) is 56.3 Å². The van der Waals surface area contributed by atoms with E-state index in [-0.39, 0.29) is 0 Å². The largest absolute Gasteiger partial charge is 0.311 e. The van der Waals surface area contributed by atoms with Gasteiger partial charge in [0.05, 0.1) is 0 Å². The average molecular weight is 242 g/mol. The van der Waals surface area contributed by atoms with E-state index in [4.69, 9.17) is 0 Å². The molecule has 1 heterocycles. The third kappa shape index (κ3) is 5.37. The molecule has 2 atom stereocenters. The Morgan fingerprint density at radius 3 is 2.44 bits per heavy atom. The summed E-state index contributed by atoms with van der Waals surface area (Å²) in [6.07, 6.45) is 0. The van der Waals surface area contributed by atoms with E-state index in [0.29, 0.717) is 6.04 Å². The fourth-order valence-corrected chi connectivity index (χ4v) is 3.52.